The fourth-order valence-corrected chi connectivity index (χ4v) is 3.16. The highest BCUT2D eigenvalue weighted by Crippen LogP contribution is 2.26. The number of carboxylic acids is 1. The van der Waals surface area contributed by atoms with Crippen molar-refractivity contribution in [1.29, 1.82) is 0 Å². The summed E-state index contributed by atoms with van der Waals surface area (Å²) in [5.74, 6) is -0.978. The van der Waals surface area contributed by atoms with Crippen molar-refractivity contribution in [3.8, 4) is 11.5 Å². The van der Waals surface area contributed by atoms with Crippen molar-refractivity contribution < 1.29 is 28.6 Å². The van der Waals surface area contributed by atoms with Crippen LogP contribution in [0.5, 0.6) is 11.5 Å². The van der Waals surface area contributed by atoms with Gasteiger partial charge in [-0.1, -0.05) is 43.4 Å². The normalized spacial score (nSPS) is 10.7. The molecule has 0 bridgehead atoms. The van der Waals surface area contributed by atoms with Gasteiger partial charge in [0.1, 0.15) is 28.8 Å². The number of carbonyl (C=O) groups is 2. The molecule has 0 aliphatic heterocycles. The lowest BCUT2D eigenvalue weighted by molar-refractivity contribution is 0.0701. The molecule has 0 unspecified atom stereocenters. The molecule has 0 atom stereocenters. The van der Waals surface area contributed by atoms with Crippen LogP contribution in [-0.4, -0.2) is 28.6 Å². The van der Waals surface area contributed by atoms with E-state index in [0.717, 1.165) is 11.3 Å². The van der Waals surface area contributed by atoms with E-state index in [9.17, 15) is 14.0 Å². The van der Waals surface area contributed by atoms with Gasteiger partial charge in [-0.15, -0.1) is 0 Å². The molecule has 31 heavy (non-hydrogen) atoms. The number of nitrogens with zero attached hydrogens (tertiary/aromatic N) is 1. The molecule has 1 heterocycles. The summed E-state index contributed by atoms with van der Waals surface area (Å²) < 4.78 is 25.3. The molecule has 0 fully saturated rings. The van der Waals surface area contributed by atoms with Crippen LogP contribution >= 0.6 is 11.3 Å². The Bertz CT molecular complexity index is 1080. The van der Waals surface area contributed by atoms with Crippen LogP contribution in [0, 0.1) is 11.7 Å². The molecule has 0 aliphatic carbocycles. The van der Waals surface area contributed by atoms with Gasteiger partial charge in [-0.3, -0.25) is 10.1 Å². The lowest BCUT2D eigenvalue weighted by Gasteiger charge is -2.13. The summed E-state index contributed by atoms with van der Waals surface area (Å²) in [6, 6.07) is 11.0. The van der Waals surface area contributed by atoms with Crippen molar-refractivity contribution in [1.82, 2.24) is 4.98 Å². The van der Waals surface area contributed by atoms with Crippen molar-refractivity contribution in [3.63, 3.8) is 0 Å². The fraction of sp³-hybridized carbons (Fsp3) is 0.227. The second kappa shape index (κ2) is 10.0. The number of thiazole rings is 1. The number of aromatic carboxylic acids is 1. The smallest absolute Gasteiger partial charge is 0.347 e. The van der Waals surface area contributed by atoms with Crippen molar-refractivity contribution in [2.45, 2.75) is 20.5 Å². The first-order chi connectivity index (χ1) is 14.8. The molecule has 0 spiro atoms. The molecule has 3 aromatic rings. The maximum atomic E-state index is 13.9. The van der Waals surface area contributed by atoms with Crippen LogP contribution in [0.15, 0.2) is 48.7 Å². The molecular formula is C22H21FN2O5S. The van der Waals surface area contributed by atoms with E-state index in [1.165, 1.54) is 18.3 Å². The zero-order chi connectivity index (χ0) is 22.4. The summed E-state index contributed by atoms with van der Waals surface area (Å²) in [6.45, 7) is 4.41. The van der Waals surface area contributed by atoms with Crippen LogP contribution in [0.1, 0.15) is 39.4 Å². The average molecular weight is 444 g/mol. The highest BCUT2D eigenvalue weighted by atomic mass is 32.1. The molecule has 2 aromatic carbocycles. The summed E-state index contributed by atoms with van der Waals surface area (Å²) >= 11 is 0.849. The van der Waals surface area contributed by atoms with Gasteiger partial charge < -0.3 is 14.6 Å². The van der Waals surface area contributed by atoms with Gasteiger partial charge >= 0.3 is 5.97 Å². The molecule has 0 radical (unpaired) electrons. The number of aromatic nitrogens is 1. The van der Waals surface area contributed by atoms with Gasteiger partial charge in [-0.05, 0) is 24.1 Å². The van der Waals surface area contributed by atoms with Crippen LogP contribution in [-0.2, 0) is 6.61 Å². The zero-order valence-electron chi connectivity index (χ0n) is 16.9. The Kier molecular flexibility index (Phi) is 7.19. The average Bonchev–Trinajstić information content (AvgIpc) is 3.20. The van der Waals surface area contributed by atoms with Gasteiger partial charge in [0, 0.05) is 17.2 Å². The predicted octanol–water partition coefficient (Wildman–Crippen LogP) is 4.85. The topological polar surface area (TPSA) is 97.8 Å². The first-order valence-electron chi connectivity index (χ1n) is 9.46. The van der Waals surface area contributed by atoms with E-state index in [1.807, 2.05) is 13.8 Å². The Hall–Kier alpha value is -3.46. The quantitative estimate of drug-likeness (QED) is 0.490. The van der Waals surface area contributed by atoms with Crippen LogP contribution in [0.4, 0.5) is 9.52 Å². The number of ether oxygens (including phenoxy) is 2. The molecule has 3 rings (SSSR count). The lowest BCUT2D eigenvalue weighted by Crippen LogP contribution is -2.13. The van der Waals surface area contributed by atoms with E-state index >= 15 is 0 Å². The number of hydrogen-bond acceptors (Lipinski definition) is 6. The minimum Gasteiger partial charge on any atom is -0.493 e. The maximum Gasteiger partial charge on any atom is 0.347 e. The zero-order valence-corrected chi connectivity index (χ0v) is 17.7. The van der Waals surface area contributed by atoms with Gasteiger partial charge in [0.2, 0.25) is 0 Å². The van der Waals surface area contributed by atoms with Gasteiger partial charge in [-0.25, -0.2) is 14.2 Å². The van der Waals surface area contributed by atoms with E-state index in [2.05, 4.69) is 10.3 Å². The first-order valence-corrected chi connectivity index (χ1v) is 10.3. The number of benzene rings is 2. The molecular weight excluding hydrogens is 423 g/mol. The van der Waals surface area contributed by atoms with Gasteiger partial charge in [-0.2, -0.15) is 0 Å². The highest BCUT2D eigenvalue weighted by Gasteiger charge is 2.15. The lowest BCUT2D eigenvalue weighted by atomic mass is 10.1. The Morgan fingerprint density at radius 2 is 1.87 bits per heavy atom. The third kappa shape index (κ3) is 6.26. The number of carboxylic acid groups (broad SMARTS) is 1. The molecule has 0 saturated heterocycles. The van der Waals surface area contributed by atoms with E-state index in [1.54, 1.807) is 30.3 Å². The molecule has 1 aromatic heterocycles. The summed E-state index contributed by atoms with van der Waals surface area (Å²) in [5, 5.41) is 11.7. The third-order valence-electron chi connectivity index (χ3n) is 4.01. The predicted molar refractivity (Wildman–Crippen MR) is 115 cm³/mol. The molecule has 2 N–H and O–H groups in total. The molecule has 162 valence electrons. The monoisotopic (exact) mass is 444 g/mol. The van der Waals surface area contributed by atoms with Gasteiger partial charge in [0.15, 0.2) is 5.13 Å². The number of hydrogen-bond donors (Lipinski definition) is 2. The standard InChI is InChI=1S/C22H21FN2O5S/c1-13(2)11-29-16-7-15(20(26)25-22-24-10-19(31-22)21(27)28)8-17(9-16)30-12-14-5-3-4-6-18(14)23/h3-10,13H,11-12H2,1-2H3,(H,27,28)(H,24,25,26). The second-order valence-corrected chi connectivity index (χ2v) is 8.10. The number of halogens is 1. The van der Waals surface area contributed by atoms with E-state index in [0.29, 0.717) is 23.7 Å². The summed E-state index contributed by atoms with van der Waals surface area (Å²) in [4.78, 5) is 27.6. The molecule has 1 amide bonds. The number of amides is 1. The van der Waals surface area contributed by atoms with Crippen LogP contribution < -0.4 is 14.8 Å². The van der Waals surface area contributed by atoms with Crippen LogP contribution in [0.3, 0.4) is 0 Å². The largest absolute Gasteiger partial charge is 0.493 e. The molecule has 7 nitrogen and oxygen atoms in total. The first kappa shape index (κ1) is 22.2. The minimum atomic E-state index is -1.12. The van der Waals surface area contributed by atoms with Crippen LogP contribution in [0.25, 0.3) is 0 Å². The van der Waals surface area contributed by atoms with Crippen LogP contribution in [0.2, 0.25) is 0 Å². The second-order valence-electron chi connectivity index (χ2n) is 7.07. The van der Waals surface area contributed by atoms with Crippen molar-refractivity contribution in [2.24, 2.45) is 5.92 Å². The Labute approximate surface area is 182 Å². The van der Waals surface area contributed by atoms with Gasteiger partial charge in [0.25, 0.3) is 5.91 Å². The molecule has 0 saturated carbocycles. The number of carbonyl (C=O) groups excluding carboxylic acids is 1. The summed E-state index contributed by atoms with van der Waals surface area (Å²) in [5.41, 5.74) is 0.614. The van der Waals surface area contributed by atoms with E-state index in [-0.39, 0.29) is 33.9 Å². The fourth-order valence-electron chi connectivity index (χ4n) is 2.51. The maximum absolute atomic E-state index is 13.9. The number of anilines is 1. The Balaban J connectivity index is 1.80. The number of rotatable bonds is 9. The van der Waals surface area contributed by atoms with Crippen molar-refractivity contribution >= 4 is 28.3 Å². The molecule has 9 heteroatoms. The van der Waals surface area contributed by atoms with E-state index < -0.39 is 11.9 Å². The van der Waals surface area contributed by atoms with Crippen molar-refractivity contribution in [3.05, 3.63) is 70.5 Å². The number of nitrogens with one attached hydrogen (secondary N) is 1. The minimum absolute atomic E-state index is 0.0122. The Morgan fingerprint density at radius 1 is 1.16 bits per heavy atom. The van der Waals surface area contributed by atoms with E-state index in [4.69, 9.17) is 14.6 Å². The molecule has 0 aliphatic rings. The Morgan fingerprint density at radius 3 is 2.52 bits per heavy atom. The van der Waals surface area contributed by atoms with Crippen molar-refractivity contribution in [2.75, 3.05) is 11.9 Å². The summed E-state index contributed by atoms with van der Waals surface area (Å²) in [7, 11) is 0. The highest BCUT2D eigenvalue weighted by molar-refractivity contribution is 7.17. The third-order valence-corrected chi connectivity index (χ3v) is 4.92. The summed E-state index contributed by atoms with van der Waals surface area (Å²) in [6.07, 6.45) is 1.17. The van der Waals surface area contributed by atoms with Gasteiger partial charge in [0.05, 0.1) is 12.8 Å². The SMILES string of the molecule is CC(C)COc1cc(OCc2ccccc2F)cc(C(=O)Nc2ncc(C(=O)O)s2)c1.